The molecule has 59 heavy (non-hydrogen) atoms. The number of benzene rings is 1. The summed E-state index contributed by atoms with van der Waals surface area (Å²) in [5, 5.41) is 8.52. The lowest BCUT2D eigenvalue weighted by atomic mass is 9.73. The fourth-order valence-corrected chi connectivity index (χ4v) is 9.45. The largest absolute Gasteiger partial charge is 0.455 e. The topological polar surface area (TPSA) is 178 Å². The Balaban J connectivity index is 1.44. The Morgan fingerprint density at radius 2 is 1.71 bits per heavy atom. The van der Waals surface area contributed by atoms with E-state index in [1.54, 1.807) is 45.4 Å². The molecule has 2 N–H and O–H groups in total. The van der Waals surface area contributed by atoms with Crippen molar-refractivity contribution in [3.63, 3.8) is 0 Å². The lowest BCUT2D eigenvalue weighted by Gasteiger charge is -2.46. The van der Waals surface area contributed by atoms with Gasteiger partial charge in [-0.15, -0.1) is 5.10 Å². The number of carbonyl (C=O) groups is 4. The molecule has 3 fully saturated rings. The number of halogens is 1. The van der Waals surface area contributed by atoms with E-state index in [1.807, 2.05) is 45.4 Å². The number of nitrogen functional groups attached to an aromatic ring is 1. The van der Waals surface area contributed by atoms with E-state index in [4.69, 9.17) is 29.4 Å². The summed E-state index contributed by atoms with van der Waals surface area (Å²) in [7, 11) is 5.40. The molecule has 1 aromatic heterocycles. The van der Waals surface area contributed by atoms with Crippen molar-refractivity contribution in [3.8, 4) is 11.3 Å². The number of amides is 1. The molecule has 5 rings (SSSR count). The highest BCUT2D eigenvalue weighted by atomic mass is 19.1. The lowest BCUT2D eigenvalue weighted by molar-refractivity contribution is -0.263. The molecule has 3 saturated heterocycles. The first-order valence-electron chi connectivity index (χ1n) is 20.9. The van der Waals surface area contributed by atoms with Crippen LogP contribution >= 0.6 is 0 Å². The number of ether oxygens (including phenoxy) is 5. The molecular weight excluding hydrogens is 764 g/mol. The predicted molar refractivity (Wildman–Crippen MR) is 218 cm³/mol. The van der Waals surface area contributed by atoms with E-state index < -0.39 is 77.0 Å². The van der Waals surface area contributed by atoms with Crippen LogP contribution in [0.1, 0.15) is 93.9 Å². The van der Waals surface area contributed by atoms with Gasteiger partial charge in [-0.05, 0) is 86.0 Å². The Hall–Kier alpha value is -3.99. The van der Waals surface area contributed by atoms with Crippen LogP contribution in [0.5, 0.6) is 0 Å². The van der Waals surface area contributed by atoms with Gasteiger partial charge in [0, 0.05) is 61.7 Å². The molecule has 1 amide bonds. The van der Waals surface area contributed by atoms with Crippen molar-refractivity contribution in [1.29, 1.82) is 0 Å². The molecule has 12 atom stereocenters. The second kappa shape index (κ2) is 18.3. The summed E-state index contributed by atoms with van der Waals surface area (Å²) in [4.78, 5) is 60.3. The molecule has 0 spiro atoms. The summed E-state index contributed by atoms with van der Waals surface area (Å²) in [6, 6.07) is 6.57. The first-order valence-corrected chi connectivity index (χ1v) is 20.9. The number of hydrogen-bond acceptors (Lipinski definition) is 13. The molecule has 0 bridgehead atoms. The number of Topliss-reactive ketones (excluding diaryl/α,β-unsaturated/α-hetero) is 2. The van der Waals surface area contributed by atoms with Gasteiger partial charge in [-0.25, -0.2) is 14.0 Å². The van der Waals surface area contributed by atoms with Gasteiger partial charge in [-0.3, -0.25) is 14.3 Å². The normalized spacial score (nSPS) is 36.3. The van der Waals surface area contributed by atoms with Gasteiger partial charge < -0.3 is 39.2 Å². The van der Waals surface area contributed by atoms with Crippen LogP contribution in [0.4, 0.5) is 14.9 Å². The van der Waals surface area contributed by atoms with Gasteiger partial charge in [-0.1, -0.05) is 45.0 Å². The third kappa shape index (κ3) is 9.66. The van der Waals surface area contributed by atoms with Crippen molar-refractivity contribution in [2.45, 2.75) is 154 Å². The van der Waals surface area contributed by atoms with E-state index in [0.717, 1.165) is 18.9 Å². The minimum absolute atomic E-state index is 0.0761. The number of aryl methyl sites for hydroxylation is 1. The molecule has 4 heterocycles. The minimum Gasteiger partial charge on any atom is -0.455 e. The average molecular weight is 829 g/mol. The molecular formula is C43H65FN6O9. The van der Waals surface area contributed by atoms with E-state index in [0.29, 0.717) is 37.2 Å². The van der Waals surface area contributed by atoms with Crippen LogP contribution in [0.3, 0.4) is 0 Å². The van der Waals surface area contributed by atoms with Crippen molar-refractivity contribution in [2.75, 3.05) is 33.5 Å². The van der Waals surface area contributed by atoms with Crippen LogP contribution in [0.15, 0.2) is 30.5 Å². The van der Waals surface area contributed by atoms with Crippen molar-refractivity contribution >= 4 is 29.3 Å². The van der Waals surface area contributed by atoms with E-state index in [1.165, 1.54) is 18.9 Å². The van der Waals surface area contributed by atoms with Gasteiger partial charge in [-0.2, -0.15) is 0 Å². The van der Waals surface area contributed by atoms with Crippen LogP contribution in [0.25, 0.3) is 11.3 Å². The van der Waals surface area contributed by atoms with Crippen LogP contribution in [-0.4, -0.2) is 130 Å². The first kappa shape index (κ1) is 46.1. The number of ketones is 2. The highest BCUT2D eigenvalue weighted by Crippen LogP contribution is 2.43. The number of hydrogen-bond donors (Lipinski definition) is 1. The third-order valence-electron chi connectivity index (χ3n) is 12.9. The fraction of sp³-hybridized carbons (Fsp3) is 0.721. The number of fused-ring (bicyclic) bond motifs is 1. The number of nitrogens with zero attached hydrogens (tertiary/aromatic N) is 5. The number of carbonyl (C=O) groups excluding carboxylic acids is 4. The number of esters is 1. The summed E-state index contributed by atoms with van der Waals surface area (Å²) in [5.74, 6) is -5.43. The Morgan fingerprint density at radius 3 is 2.36 bits per heavy atom. The van der Waals surface area contributed by atoms with Crippen LogP contribution in [0, 0.1) is 17.8 Å². The van der Waals surface area contributed by atoms with Crippen LogP contribution in [-0.2, 0) is 44.6 Å². The fourth-order valence-electron chi connectivity index (χ4n) is 9.45. The predicted octanol–water partition coefficient (Wildman–Crippen LogP) is 5.63. The monoisotopic (exact) mass is 828 g/mol. The smallest absolute Gasteiger partial charge is 0.410 e. The Morgan fingerprint density at radius 1 is 1.02 bits per heavy atom. The van der Waals surface area contributed by atoms with Crippen LogP contribution in [0.2, 0.25) is 0 Å². The number of methoxy groups -OCH3 is 1. The standard InChI is InChI=1S/C43H65FN6O9/c1-12-33-43(8)36(50(40(54)59-43)19-14-13-18-49-24-32(46-47-49)29-16-15-17-30(45)21-29)27(4)35(51)25(2)23-41(6,55-11)38(28(5)37(52)42(7,44)39(53)57-33)58-34-22-31(48(9)10)20-26(3)56-34/h15-17,21,24-28,31,33-34,36,38H,12-14,18-20,22-23,45H2,1-11H3/t25-,26-,27+,28+,31-,33-,34+,36?,38-,41-,42+,43-/m1/s1. The molecule has 1 unspecified atom stereocenters. The maximum absolute atomic E-state index is 16.9. The van der Waals surface area contributed by atoms with Gasteiger partial charge in [0.1, 0.15) is 17.6 Å². The lowest BCUT2D eigenvalue weighted by Crippen LogP contribution is -2.60. The third-order valence-corrected chi connectivity index (χ3v) is 12.9. The van der Waals surface area contributed by atoms with Crippen molar-refractivity contribution in [3.05, 3.63) is 30.5 Å². The first-order chi connectivity index (χ1) is 27.7. The van der Waals surface area contributed by atoms with Crippen molar-refractivity contribution < 1.29 is 47.3 Å². The van der Waals surface area contributed by atoms with E-state index in [2.05, 4.69) is 15.2 Å². The van der Waals surface area contributed by atoms with Gasteiger partial charge in [0.25, 0.3) is 5.67 Å². The maximum Gasteiger partial charge on any atom is 0.410 e. The van der Waals surface area contributed by atoms with Gasteiger partial charge >= 0.3 is 12.1 Å². The number of alkyl halides is 1. The van der Waals surface area contributed by atoms with E-state index in [9.17, 15) is 19.2 Å². The van der Waals surface area contributed by atoms with Crippen molar-refractivity contribution in [1.82, 2.24) is 24.8 Å². The van der Waals surface area contributed by atoms with E-state index in [-0.39, 0.29) is 37.3 Å². The Kier molecular flexibility index (Phi) is 14.3. The minimum atomic E-state index is -3.12. The number of unbranched alkanes of at least 4 members (excludes halogenated alkanes) is 1. The summed E-state index contributed by atoms with van der Waals surface area (Å²) in [6.45, 7) is 13.6. The van der Waals surface area contributed by atoms with Crippen LogP contribution < -0.4 is 5.73 Å². The van der Waals surface area contributed by atoms with Gasteiger partial charge in [0.2, 0.25) is 0 Å². The molecule has 0 radical (unpaired) electrons. The second-order valence-electron chi connectivity index (χ2n) is 17.7. The second-order valence-corrected chi connectivity index (χ2v) is 17.7. The summed E-state index contributed by atoms with van der Waals surface area (Å²) >= 11 is 0. The maximum atomic E-state index is 16.9. The SMILES string of the molecule is CC[C@H]1OC(=O)[C@@](C)(F)C(=O)[C@H](C)[C@@H](O[C@H]2C[C@H](N(C)C)C[C@@H](C)O2)[C@](C)(OC)C[C@@H](C)C(=O)[C@H](C)C2N(CCCCn3cc(-c4cccc(N)c4)nn3)C(=O)O[C@@]21C. The quantitative estimate of drug-likeness (QED) is 0.128. The van der Waals surface area contributed by atoms with E-state index >= 15 is 4.39 Å². The molecule has 3 aliphatic rings. The zero-order chi connectivity index (χ0) is 43.6. The number of rotatable bonds is 11. The Bertz CT molecular complexity index is 1820. The highest BCUT2D eigenvalue weighted by Gasteiger charge is 2.61. The zero-order valence-corrected chi connectivity index (χ0v) is 36.6. The Labute approximate surface area is 347 Å². The molecule has 2 aromatic rings. The molecule has 1 aromatic carbocycles. The molecule has 16 heteroatoms. The number of nitrogens with two attached hydrogens (primary N) is 1. The summed E-state index contributed by atoms with van der Waals surface area (Å²) < 4.78 is 49.5. The summed E-state index contributed by atoms with van der Waals surface area (Å²) in [6.07, 6.45) is 0.387. The highest BCUT2D eigenvalue weighted by molar-refractivity contribution is 6.08. The average Bonchev–Trinajstić information content (AvgIpc) is 3.77. The van der Waals surface area contributed by atoms with Gasteiger partial charge in [0.15, 0.2) is 17.7 Å². The molecule has 0 aliphatic carbocycles. The molecule has 15 nitrogen and oxygen atoms in total. The number of aromatic nitrogens is 3. The van der Waals surface area contributed by atoms with Gasteiger partial charge in [0.05, 0.1) is 30.0 Å². The molecule has 0 saturated carbocycles. The summed E-state index contributed by atoms with van der Waals surface area (Å²) in [5.41, 5.74) is 2.06. The van der Waals surface area contributed by atoms with Crippen molar-refractivity contribution in [2.24, 2.45) is 17.8 Å². The zero-order valence-electron chi connectivity index (χ0n) is 36.6. The molecule has 328 valence electrons. The number of anilines is 1. The molecule has 3 aliphatic heterocycles. The number of cyclic esters (lactones) is 1.